The van der Waals surface area contributed by atoms with E-state index in [9.17, 15) is 0 Å². The number of hydrogen-bond donors (Lipinski definition) is 0. The molecular formula is C12H11Cl2N. The van der Waals surface area contributed by atoms with Gasteiger partial charge in [-0.3, -0.25) is 0 Å². The molecule has 0 bridgehead atoms. The van der Waals surface area contributed by atoms with Crippen LogP contribution >= 0.6 is 23.2 Å². The second-order valence-electron chi connectivity index (χ2n) is 3.06. The van der Waals surface area contributed by atoms with Gasteiger partial charge in [-0.15, -0.1) is 23.2 Å². The Morgan fingerprint density at radius 2 is 2.07 bits per heavy atom. The first-order valence-electron chi connectivity index (χ1n) is 4.62. The lowest BCUT2D eigenvalue weighted by atomic mass is 10.1. The van der Waals surface area contributed by atoms with Crippen LogP contribution in [0.15, 0.2) is 36.4 Å². The summed E-state index contributed by atoms with van der Waals surface area (Å²) in [5.74, 6) is 0.430. The Balaban J connectivity index is 2.77. The summed E-state index contributed by atoms with van der Waals surface area (Å²) in [6.45, 7) is 0. The highest BCUT2D eigenvalue weighted by Gasteiger charge is 2.02. The van der Waals surface area contributed by atoms with Crippen LogP contribution in [0.1, 0.15) is 12.0 Å². The van der Waals surface area contributed by atoms with Crippen LogP contribution in [-0.4, -0.2) is 11.3 Å². The SMILES string of the molecule is N#CC(Cl)C/C=C(/CCl)c1ccccc1. The zero-order valence-electron chi connectivity index (χ0n) is 8.16. The fourth-order valence-corrected chi connectivity index (χ4v) is 1.55. The van der Waals surface area contributed by atoms with Gasteiger partial charge in [-0.05, 0) is 17.6 Å². The zero-order chi connectivity index (χ0) is 11.1. The summed E-state index contributed by atoms with van der Waals surface area (Å²) in [4.78, 5) is 0. The van der Waals surface area contributed by atoms with Crippen LogP contribution in [0.3, 0.4) is 0 Å². The number of nitriles is 1. The van der Waals surface area contributed by atoms with Crippen molar-refractivity contribution in [3.05, 3.63) is 42.0 Å². The number of rotatable bonds is 4. The Morgan fingerprint density at radius 3 is 2.60 bits per heavy atom. The molecule has 1 aromatic carbocycles. The van der Waals surface area contributed by atoms with E-state index in [2.05, 4.69) is 0 Å². The molecule has 0 amide bonds. The number of halogens is 2. The summed E-state index contributed by atoms with van der Waals surface area (Å²) >= 11 is 11.5. The Hall–Kier alpha value is -0.970. The molecule has 0 N–H and O–H groups in total. The van der Waals surface area contributed by atoms with Gasteiger partial charge >= 0.3 is 0 Å². The van der Waals surface area contributed by atoms with E-state index in [4.69, 9.17) is 28.5 Å². The van der Waals surface area contributed by atoms with E-state index in [1.54, 1.807) is 0 Å². The first kappa shape index (κ1) is 12.1. The first-order chi connectivity index (χ1) is 7.27. The van der Waals surface area contributed by atoms with Crippen molar-refractivity contribution in [3.63, 3.8) is 0 Å². The predicted molar refractivity (Wildman–Crippen MR) is 65.0 cm³/mol. The number of nitrogens with zero attached hydrogens (tertiary/aromatic N) is 1. The lowest BCUT2D eigenvalue weighted by molar-refractivity contribution is 1.07. The fourth-order valence-electron chi connectivity index (χ4n) is 1.20. The predicted octanol–water partition coefficient (Wildman–Crippen LogP) is 3.83. The van der Waals surface area contributed by atoms with Gasteiger partial charge in [0.25, 0.3) is 0 Å². The summed E-state index contributed by atoms with van der Waals surface area (Å²) in [6.07, 6.45) is 2.44. The average molecular weight is 240 g/mol. The molecule has 1 unspecified atom stereocenters. The van der Waals surface area contributed by atoms with Gasteiger partial charge in [-0.1, -0.05) is 36.4 Å². The summed E-state index contributed by atoms with van der Waals surface area (Å²) in [7, 11) is 0. The highest BCUT2D eigenvalue weighted by Crippen LogP contribution is 2.17. The van der Waals surface area contributed by atoms with Crippen LogP contribution in [-0.2, 0) is 0 Å². The number of benzene rings is 1. The Kier molecular flexibility index (Phi) is 5.25. The molecule has 1 rings (SSSR count). The molecule has 0 aromatic heterocycles. The van der Waals surface area contributed by atoms with Gasteiger partial charge in [0.1, 0.15) is 5.38 Å². The monoisotopic (exact) mass is 239 g/mol. The summed E-state index contributed by atoms with van der Waals surface area (Å²) in [5.41, 5.74) is 2.09. The lowest BCUT2D eigenvalue weighted by Crippen LogP contribution is -1.93. The fraction of sp³-hybridized carbons (Fsp3) is 0.250. The molecule has 3 heteroatoms. The molecule has 78 valence electrons. The van der Waals surface area contributed by atoms with Crippen molar-refractivity contribution in [2.75, 3.05) is 5.88 Å². The second-order valence-corrected chi connectivity index (χ2v) is 3.86. The van der Waals surface area contributed by atoms with Crippen molar-refractivity contribution in [3.8, 4) is 6.07 Å². The van der Waals surface area contributed by atoms with E-state index in [1.807, 2.05) is 42.5 Å². The molecule has 0 heterocycles. The van der Waals surface area contributed by atoms with Gasteiger partial charge in [0.2, 0.25) is 0 Å². The van der Waals surface area contributed by atoms with Crippen molar-refractivity contribution in [2.24, 2.45) is 0 Å². The minimum absolute atomic E-state index is 0.430. The van der Waals surface area contributed by atoms with Crippen molar-refractivity contribution in [1.82, 2.24) is 0 Å². The molecule has 0 saturated heterocycles. The topological polar surface area (TPSA) is 23.8 Å². The van der Waals surface area contributed by atoms with E-state index in [0.717, 1.165) is 11.1 Å². The maximum absolute atomic E-state index is 8.55. The molecule has 0 aliphatic rings. The van der Waals surface area contributed by atoms with E-state index in [1.165, 1.54) is 0 Å². The molecule has 1 aromatic rings. The van der Waals surface area contributed by atoms with Gasteiger partial charge in [-0.25, -0.2) is 0 Å². The average Bonchev–Trinajstić information content (AvgIpc) is 2.31. The highest BCUT2D eigenvalue weighted by atomic mass is 35.5. The normalized spacial score (nSPS) is 13.3. The number of allylic oxidation sites excluding steroid dienone is 2. The van der Waals surface area contributed by atoms with Crippen molar-refractivity contribution in [1.29, 1.82) is 5.26 Å². The quantitative estimate of drug-likeness (QED) is 0.733. The van der Waals surface area contributed by atoms with Crippen molar-refractivity contribution in [2.45, 2.75) is 11.8 Å². The van der Waals surface area contributed by atoms with Crippen LogP contribution in [0.25, 0.3) is 5.57 Å². The minimum Gasteiger partial charge on any atom is -0.197 e. The third kappa shape index (κ3) is 3.95. The summed E-state index contributed by atoms with van der Waals surface area (Å²) < 4.78 is 0. The van der Waals surface area contributed by atoms with Crippen LogP contribution in [0.5, 0.6) is 0 Å². The second kappa shape index (κ2) is 6.50. The third-order valence-corrected chi connectivity index (χ3v) is 2.56. The van der Waals surface area contributed by atoms with Gasteiger partial charge in [0, 0.05) is 5.88 Å². The molecule has 0 radical (unpaired) electrons. The summed E-state index contributed by atoms with van der Waals surface area (Å²) in [5, 5.41) is 8.07. The van der Waals surface area contributed by atoms with E-state index < -0.39 is 5.38 Å². The lowest BCUT2D eigenvalue weighted by Gasteiger charge is -2.03. The Bertz CT molecular complexity index is 365. The van der Waals surface area contributed by atoms with Gasteiger partial charge < -0.3 is 0 Å². The minimum atomic E-state index is -0.480. The summed E-state index contributed by atoms with van der Waals surface area (Å²) in [6, 6.07) is 11.8. The van der Waals surface area contributed by atoms with Crippen LogP contribution in [0.2, 0.25) is 0 Å². The highest BCUT2D eigenvalue weighted by molar-refractivity contribution is 6.23. The van der Waals surface area contributed by atoms with Crippen molar-refractivity contribution < 1.29 is 0 Å². The van der Waals surface area contributed by atoms with Gasteiger partial charge in [0.05, 0.1) is 6.07 Å². The van der Waals surface area contributed by atoms with E-state index >= 15 is 0 Å². The molecule has 0 saturated carbocycles. The van der Waals surface area contributed by atoms with Crippen molar-refractivity contribution >= 4 is 28.8 Å². The molecule has 0 aliphatic carbocycles. The van der Waals surface area contributed by atoms with E-state index in [-0.39, 0.29) is 0 Å². The molecule has 1 nitrogen and oxygen atoms in total. The molecule has 0 fully saturated rings. The largest absolute Gasteiger partial charge is 0.197 e. The standard InChI is InChI=1S/C12H11Cl2N/c13-8-11(6-7-12(14)9-15)10-4-2-1-3-5-10/h1-6,12H,7-8H2/b11-6-. The Labute approximate surface area is 99.9 Å². The number of hydrogen-bond acceptors (Lipinski definition) is 1. The molecular weight excluding hydrogens is 229 g/mol. The molecule has 15 heavy (non-hydrogen) atoms. The first-order valence-corrected chi connectivity index (χ1v) is 5.59. The van der Waals surface area contributed by atoms with Crippen LogP contribution in [0.4, 0.5) is 0 Å². The number of alkyl halides is 2. The molecule has 1 atom stereocenters. The van der Waals surface area contributed by atoms with Gasteiger partial charge in [0.15, 0.2) is 0 Å². The van der Waals surface area contributed by atoms with Crippen LogP contribution in [0, 0.1) is 11.3 Å². The van der Waals surface area contributed by atoms with E-state index in [0.29, 0.717) is 12.3 Å². The smallest absolute Gasteiger partial charge is 0.124 e. The molecule has 0 aliphatic heterocycles. The maximum Gasteiger partial charge on any atom is 0.124 e. The third-order valence-electron chi connectivity index (χ3n) is 2.00. The van der Waals surface area contributed by atoms with Gasteiger partial charge in [-0.2, -0.15) is 5.26 Å². The maximum atomic E-state index is 8.55. The Morgan fingerprint density at radius 1 is 1.40 bits per heavy atom. The molecule has 0 spiro atoms. The van der Waals surface area contributed by atoms with Crippen LogP contribution < -0.4 is 0 Å². The zero-order valence-corrected chi connectivity index (χ0v) is 9.67.